The number of halogens is 1. The number of esters is 1. The number of hydrogen-bond donors (Lipinski definition) is 2. The Kier molecular flexibility index (Phi) is 5.97. The molecule has 2 N–H and O–H groups in total. The van der Waals surface area contributed by atoms with Crippen molar-refractivity contribution in [2.24, 2.45) is 0 Å². The molecule has 8 heteroatoms. The monoisotopic (exact) mass is 422 g/mol. The molecule has 1 saturated heterocycles. The van der Waals surface area contributed by atoms with Gasteiger partial charge in [0.25, 0.3) is 0 Å². The lowest BCUT2D eigenvalue weighted by molar-refractivity contribution is 0.0526. The number of amides is 2. The zero-order chi connectivity index (χ0) is 21.8. The van der Waals surface area contributed by atoms with E-state index in [9.17, 15) is 14.0 Å². The number of carbonyl (C=O) groups is 2. The number of aromatic nitrogens is 1. The van der Waals surface area contributed by atoms with Crippen molar-refractivity contribution in [1.82, 2.24) is 4.98 Å². The lowest BCUT2D eigenvalue weighted by Crippen LogP contribution is -2.20. The average Bonchev–Trinajstić information content (AvgIpc) is 3.29. The van der Waals surface area contributed by atoms with Gasteiger partial charge in [-0.25, -0.2) is 19.0 Å². The van der Waals surface area contributed by atoms with E-state index in [2.05, 4.69) is 20.5 Å². The van der Waals surface area contributed by atoms with E-state index >= 15 is 0 Å². The van der Waals surface area contributed by atoms with Gasteiger partial charge in [0.1, 0.15) is 11.3 Å². The van der Waals surface area contributed by atoms with Gasteiger partial charge in [-0.05, 0) is 68.3 Å². The van der Waals surface area contributed by atoms with E-state index in [1.54, 1.807) is 37.3 Å². The molecule has 0 unspecified atom stereocenters. The van der Waals surface area contributed by atoms with Gasteiger partial charge >= 0.3 is 12.0 Å². The summed E-state index contributed by atoms with van der Waals surface area (Å²) in [5, 5.41) is 5.89. The number of ether oxygens (including phenoxy) is 1. The first-order chi connectivity index (χ1) is 15.0. The third-order valence-corrected chi connectivity index (χ3v) is 5.07. The van der Waals surface area contributed by atoms with E-state index < -0.39 is 17.8 Å². The number of pyridine rings is 1. The van der Waals surface area contributed by atoms with Crippen LogP contribution in [0.3, 0.4) is 0 Å². The molecule has 0 spiro atoms. The van der Waals surface area contributed by atoms with Gasteiger partial charge in [0.2, 0.25) is 0 Å². The van der Waals surface area contributed by atoms with Gasteiger partial charge < -0.3 is 20.3 Å². The van der Waals surface area contributed by atoms with Crippen molar-refractivity contribution in [2.45, 2.75) is 19.8 Å². The third kappa shape index (κ3) is 4.74. The SMILES string of the molecule is CCOC(=O)c1ccc(NC(=O)Nc2cc(F)c3nc(N4CCCC4)ccc3c2)cc1. The molecule has 1 aliphatic heterocycles. The van der Waals surface area contributed by atoms with Gasteiger partial charge in [-0.3, -0.25) is 0 Å². The number of rotatable bonds is 5. The summed E-state index contributed by atoms with van der Waals surface area (Å²) in [5.74, 6) is -0.145. The fraction of sp³-hybridized carbons (Fsp3) is 0.261. The van der Waals surface area contributed by atoms with Gasteiger partial charge in [0.05, 0.1) is 12.2 Å². The van der Waals surface area contributed by atoms with Crippen LogP contribution < -0.4 is 15.5 Å². The van der Waals surface area contributed by atoms with Crippen LogP contribution in [0.25, 0.3) is 10.9 Å². The Morgan fingerprint density at radius 3 is 2.45 bits per heavy atom. The third-order valence-electron chi connectivity index (χ3n) is 5.07. The zero-order valence-corrected chi connectivity index (χ0v) is 17.2. The van der Waals surface area contributed by atoms with Gasteiger partial charge in [-0.2, -0.15) is 0 Å². The number of urea groups is 1. The molecule has 3 aromatic rings. The largest absolute Gasteiger partial charge is 0.462 e. The second-order valence-corrected chi connectivity index (χ2v) is 7.27. The number of nitrogens with zero attached hydrogens (tertiary/aromatic N) is 2. The molecule has 2 aromatic carbocycles. The second-order valence-electron chi connectivity index (χ2n) is 7.27. The zero-order valence-electron chi connectivity index (χ0n) is 17.2. The summed E-state index contributed by atoms with van der Waals surface area (Å²) >= 11 is 0. The molecule has 31 heavy (non-hydrogen) atoms. The first-order valence-corrected chi connectivity index (χ1v) is 10.2. The molecule has 1 aliphatic rings. The second kappa shape index (κ2) is 8.99. The summed E-state index contributed by atoms with van der Waals surface area (Å²) in [4.78, 5) is 30.6. The van der Waals surface area contributed by atoms with E-state index in [4.69, 9.17) is 4.74 Å². The lowest BCUT2D eigenvalue weighted by Gasteiger charge is -2.17. The molecule has 4 rings (SSSR count). The Morgan fingerprint density at radius 1 is 1.03 bits per heavy atom. The first-order valence-electron chi connectivity index (χ1n) is 10.2. The molecular formula is C23H23FN4O3. The summed E-state index contributed by atoms with van der Waals surface area (Å²) in [6, 6.07) is 12.4. The molecule has 1 fully saturated rings. The normalized spacial score (nSPS) is 13.3. The van der Waals surface area contributed by atoms with Crippen molar-refractivity contribution in [2.75, 3.05) is 35.2 Å². The summed E-state index contributed by atoms with van der Waals surface area (Å²) in [6.45, 7) is 3.89. The molecule has 2 heterocycles. The number of benzene rings is 2. The van der Waals surface area contributed by atoms with Crippen LogP contribution >= 0.6 is 0 Å². The van der Waals surface area contributed by atoms with Crippen LogP contribution in [0.1, 0.15) is 30.1 Å². The van der Waals surface area contributed by atoms with Crippen LogP contribution in [0.2, 0.25) is 0 Å². The molecule has 0 atom stereocenters. The van der Waals surface area contributed by atoms with Crippen molar-refractivity contribution in [3.8, 4) is 0 Å². The molecular weight excluding hydrogens is 399 g/mol. The van der Waals surface area contributed by atoms with E-state index in [0.717, 1.165) is 31.7 Å². The van der Waals surface area contributed by atoms with Crippen LogP contribution in [-0.4, -0.2) is 36.7 Å². The van der Waals surface area contributed by atoms with Crippen molar-refractivity contribution in [3.63, 3.8) is 0 Å². The maximum absolute atomic E-state index is 14.7. The number of fused-ring (bicyclic) bond motifs is 1. The lowest BCUT2D eigenvalue weighted by atomic mass is 10.2. The molecule has 0 radical (unpaired) electrons. The van der Waals surface area contributed by atoms with E-state index in [1.807, 2.05) is 12.1 Å². The Labute approximate surface area is 179 Å². The molecule has 7 nitrogen and oxygen atoms in total. The molecule has 0 aliphatic carbocycles. The topological polar surface area (TPSA) is 83.6 Å². The number of nitrogens with one attached hydrogen (secondary N) is 2. The highest BCUT2D eigenvalue weighted by Gasteiger charge is 2.15. The van der Waals surface area contributed by atoms with E-state index in [-0.39, 0.29) is 5.52 Å². The van der Waals surface area contributed by atoms with Gasteiger partial charge in [-0.1, -0.05) is 0 Å². The van der Waals surface area contributed by atoms with E-state index in [1.165, 1.54) is 6.07 Å². The highest BCUT2D eigenvalue weighted by atomic mass is 19.1. The maximum Gasteiger partial charge on any atom is 0.338 e. The Balaban J connectivity index is 1.44. The summed E-state index contributed by atoms with van der Waals surface area (Å²) in [5.41, 5.74) is 1.49. The standard InChI is InChI=1S/C23H23FN4O3/c1-2-31-22(29)15-5-8-17(9-6-15)25-23(30)26-18-13-16-7-10-20(28-11-3-4-12-28)27-21(16)19(24)14-18/h5-10,13-14H,2-4,11-12H2,1H3,(H2,25,26,30). The summed E-state index contributed by atoms with van der Waals surface area (Å²) in [6.07, 6.45) is 2.23. The average molecular weight is 422 g/mol. The van der Waals surface area contributed by atoms with Gasteiger partial charge in [0, 0.05) is 29.9 Å². The predicted molar refractivity (Wildman–Crippen MR) is 118 cm³/mol. The fourth-order valence-corrected chi connectivity index (χ4v) is 3.57. The van der Waals surface area contributed by atoms with Crippen molar-refractivity contribution >= 4 is 40.1 Å². The van der Waals surface area contributed by atoms with Crippen LogP contribution in [0, 0.1) is 5.82 Å². The van der Waals surface area contributed by atoms with E-state index in [0.29, 0.717) is 28.9 Å². The molecule has 2 amide bonds. The summed E-state index contributed by atoms with van der Waals surface area (Å²) in [7, 11) is 0. The van der Waals surface area contributed by atoms with Gasteiger partial charge in [-0.15, -0.1) is 0 Å². The van der Waals surface area contributed by atoms with Crippen LogP contribution in [0.5, 0.6) is 0 Å². The van der Waals surface area contributed by atoms with Crippen LogP contribution in [0.15, 0.2) is 48.5 Å². The minimum Gasteiger partial charge on any atom is -0.462 e. The maximum atomic E-state index is 14.7. The van der Waals surface area contributed by atoms with Crippen LogP contribution in [0.4, 0.5) is 26.4 Å². The van der Waals surface area contributed by atoms with Gasteiger partial charge in [0.15, 0.2) is 5.82 Å². The fourth-order valence-electron chi connectivity index (χ4n) is 3.57. The minimum atomic E-state index is -0.524. The highest BCUT2D eigenvalue weighted by molar-refractivity contribution is 6.01. The molecule has 0 saturated carbocycles. The first kappa shape index (κ1) is 20.6. The van der Waals surface area contributed by atoms with Crippen molar-refractivity contribution < 1.29 is 18.7 Å². The molecule has 1 aromatic heterocycles. The Hall–Kier alpha value is -3.68. The molecule has 0 bridgehead atoms. The quantitative estimate of drug-likeness (QED) is 0.578. The molecule has 160 valence electrons. The van der Waals surface area contributed by atoms with Crippen molar-refractivity contribution in [1.29, 1.82) is 0 Å². The Bertz CT molecular complexity index is 1110. The predicted octanol–water partition coefficient (Wildman–Crippen LogP) is 4.79. The number of hydrogen-bond acceptors (Lipinski definition) is 5. The Morgan fingerprint density at radius 2 is 1.74 bits per heavy atom. The number of carbonyl (C=O) groups excluding carboxylic acids is 2. The van der Waals surface area contributed by atoms with Crippen molar-refractivity contribution in [3.05, 3.63) is 59.9 Å². The summed E-state index contributed by atoms with van der Waals surface area (Å²) < 4.78 is 19.6. The smallest absolute Gasteiger partial charge is 0.338 e. The highest BCUT2D eigenvalue weighted by Crippen LogP contribution is 2.26. The van der Waals surface area contributed by atoms with Crippen LogP contribution in [-0.2, 0) is 4.74 Å². The minimum absolute atomic E-state index is 0.282. The number of anilines is 3.